The van der Waals surface area contributed by atoms with Crippen LogP contribution in [-0.2, 0) is 25.9 Å². The first kappa shape index (κ1) is 22.0. The van der Waals surface area contributed by atoms with E-state index in [0.29, 0.717) is 12.6 Å². The topological polar surface area (TPSA) is 85.2 Å². The first-order chi connectivity index (χ1) is 16.2. The molecule has 1 aliphatic heterocycles. The molecule has 0 unspecified atom stereocenters. The van der Waals surface area contributed by atoms with E-state index in [4.69, 9.17) is 9.72 Å². The van der Waals surface area contributed by atoms with Gasteiger partial charge in [0.1, 0.15) is 11.6 Å². The number of piperidine rings is 1. The predicted octanol–water partition coefficient (Wildman–Crippen LogP) is 2.33. The van der Waals surface area contributed by atoms with Crippen molar-refractivity contribution in [2.24, 2.45) is 0 Å². The zero-order chi connectivity index (χ0) is 22.6. The van der Waals surface area contributed by atoms with Crippen LogP contribution in [0.4, 0.5) is 0 Å². The summed E-state index contributed by atoms with van der Waals surface area (Å²) in [6, 6.07) is 6.14. The first-order valence-electron chi connectivity index (χ1n) is 12.0. The Morgan fingerprint density at radius 3 is 2.79 bits per heavy atom. The summed E-state index contributed by atoms with van der Waals surface area (Å²) in [6.07, 6.45) is 10.3. The molecule has 0 amide bonds. The standard InChI is InChI=1S/C25H32N6O2/c1-33-20-6-7-22-23(14-20)31(25(32)17-27-22)13-12-30-10-8-19(9-11-30)26-16-24-28-15-18-4-2-3-5-21(18)29-24/h6-7,14-15,17,19,26H,2-5,8-13,16H2,1H3. The maximum Gasteiger partial charge on any atom is 0.269 e. The van der Waals surface area contributed by atoms with Crippen molar-refractivity contribution in [2.75, 3.05) is 26.7 Å². The van der Waals surface area contributed by atoms with Gasteiger partial charge in [0.2, 0.25) is 0 Å². The molecule has 2 aromatic heterocycles. The maximum absolute atomic E-state index is 12.5. The van der Waals surface area contributed by atoms with E-state index in [0.717, 1.165) is 74.5 Å². The maximum atomic E-state index is 12.5. The summed E-state index contributed by atoms with van der Waals surface area (Å²) in [6.45, 7) is 4.26. The summed E-state index contributed by atoms with van der Waals surface area (Å²) in [5.74, 6) is 1.65. The number of benzene rings is 1. The monoisotopic (exact) mass is 448 g/mol. The van der Waals surface area contributed by atoms with Gasteiger partial charge in [-0.25, -0.2) is 15.0 Å². The van der Waals surface area contributed by atoms with E-state index in [1.807, 2.05) is 29.0 Å². The van der Waals surface area contributed by atoms with Crippen molar-refractivity contribution in [1.29, 1.82) is 0 Å². The highest BCUT2D eigenvalue weighted by Crippen LogP contribution is 2.19. The van der Waals surface area contributed by atoms with Crippen LogP contribution in [0.2, 0.25) is 0 Å². The van der Waals surface area contributed by atoms with Crippen molar-refractivity contribution < 1.29 is 4.74 Å². The number of rotatable bonds is 7. The fourth-order valence-corrected chi connectivity index (χ4v) is 4.94. The molecule has 0 radical (unpaired) electrons. The second kappa shape index (κ2) is 9.97. The van der Waals surface area contributed by atoms with Crippen LogP contribution in [0.1, 0.15) is 42.8 Å². The molecule has 1 aromatic carbocycles. The number of nitrogens with one attached hydrogen (secondary N) is 1. The van der Waals surface area contributed by atoms with Gasteiger partial charge < -0.3 is 19.5 Å². The van der Waals surface area contributed by atoms with Crippen LogP contribution >= 0.6 is 0 Å². The number of methoxy groups -OCH3 is 1. The molecule has 8 heteroatoms. The summed E-state index contributed by atoms with van der Waals surface area (Å²) in [4.78, 5) is 28.6. The Hall–Kier alpha value is -2.84. The van der Waals surface area contributed by atoms with Gasteiger partial charge in [-0.3, -0.25) is 4.79 Å². The van der Waals surface area contributed by atoms with Crippen LogP contribution in [0.15, 0.2) is 35.4 Å². The number of nitrogens with zero attached hydrogens (tertiary/aromatic N) is 5. The summed E-state index contributed by atoms with van der Waals surface area (Å²) < 4.78 is 7.14. The van der Waals surface area contributed by atoms with Crippen LogP contribution in [0.3, 0.4) is 0 Å². The summed E-state index contributed by atoms with van der Waals surface area (Å²) in [5, 5.41) is 3.66. The van der Waals surface area contributed by atoms with Gasteiger partial charge in [0.15, 0.2) is 0 Å². The highest BCUT2D eigenvalue weighted by Gasteiger charge is 2.20. The molecule has 0 atom stereocenters. The Morgan fingerprint density at radius 1 is 1.09 bits per heavy atom. The molecule has 8 nitrogen and oxygen atoms in total. The average Bonchev–Trinajstić information content (AvgIpc) is 2.87. The fourth-order valence-electron chi connectivity index (χ4n) is 4.94. The second-order valence-corrected chi connectivity index (χ2v) is 9.06. The number of ether oxygens (including phenoxy) is 1. The number of fused-ring (bicyclic) bond motifs is 2. The fraction of sp³-hybridized carbons (Fsp3) is 0.520. The van der Waals surface area contributed by atoms with E-state index in [1.54, 1.807) is 7.11 Å². The summed E-state index contributed by atoms with van der Waals surface area (Å²) in [7, 11) is 1.63. The van der Waals surface area contributed by atoms with Crippen LogP contribution in [-0.4, -0.2) is 57.2 Å². The third-order valence-electron chi connectivity index (χ3n) is 6.94. The van der Waals surface area contributed by atoms with Crippen molar-refractivity contribution in [1.82, 2.24) is 29.7 Å². The Morgan fingerprint density at radius 2 is 1.94 bits per heavy atom. The van der Waals surface area contributed by atoms with E-state index < -0.39 is 0 Å². The first-order valence-corrected chi connectivity index (χ1v) is 12.0. The zero-order valence-corrected chi connectivity index (χ0v) is 19.3. The predicted molar refractivity (Wildman–Crippen MR) is 128 cm³/mol. The molecule has 0 saturated carbocycles. The SMILES string of the molecule is COc1ccc2ncc(=O)n(CCN3CCC(NCc4ncc5c(n4)CCCC5)CC3)c2c1. The van der Waals surface area contributed by atoms with Gasteiger partial charge in [0, 0.05) is 37.1 Å². The lowest BCUT2D eigenvalue weighted by atomic mass is 9.97. The quantitative estimate of drug-likeness (QED) is 0.594. The minimum atomic E-state index is -0.0719. The van der Waals surface area contributed by atoms with Gasteiger partial charge in [-0.05, 0) is 69.3 Å². The van der Waals surface area contributed by atoms with Crippen molar-refractivity contribution >= 4 is 11.0 Å². The van der Waals surface area contributed by atoms with Crippen molar-refractivity contribution in [3.8, 4) is 5.75 Å². The number of aromatic nitrogens is 4. The van der Waals surface area contributed by atoms with Gasteiger partial charge in [-0.15, -0.1) is 0 Å². The molecule has 1 fully saturated rings. The lowest BCUT2D eigenvalue weighted by molar-refractivity contribution is 0.191. The van der Waals surface area contributed by atoms with Crippen LogP contribution in [0.5, 0.6) is 5.75 Å². The molecule has 5 rings (SSSR count). The van der Waals surface area contributed by atoms with Crippen molar-refractivity contribution in [2.45, 2.75) is 57.7 Å². The molecule has 1 N–H and O–H groups in total. The smallest absolute Gasteiger partial charge is 0.269 e. The number of hydrogen-bond acceptors (Lipinski definition) is 7. The molecule has 3 heterocycles. The number of hydrogen-bond donors (Lipinski definition) is 1. The molecule has 33 heavy (non-hydrogen) atoms. The lowest BCUT2D eigenvalue weighted by Gasteiger charge is -2.32. The molecule has 2 aliphatic rings. The van der Waals surface area contributed by atoms with E-state index in [-0.39, 0.29) is 5.56 Å². The van der Waals surface area contributed by atoms with Crippen LogP contribution < -0.4 is 15.6 Å². The third-order valence-corrected chi connectivity index (χ3v) is 6.94. The van der Waals surface area contributed by atoms with Gasteiger partial charge >= 0.3 is 0 Å². The minimum Gasteiger partial charge on any atom is -0.497 e. The van der Waals surface area contributed by atoms with E-state index >= 15 is 0 Å². The van der Waals surface area contributed by atoms with E-state index in [1.165, 1.54) is 30.3 Å². The Balaban J connectivity index is 1.13. The minimum absolute atomic E-state index is 0.0719. The normalized spacial score (nSPS) is 17.2. The summed E-state index contributed by atoms with van der Waals surface area (Å²) in [5.41, 5.74) is 4.14. The van der Waals surface area contributed by atoms with Gasteiger partial charge in [-0.1, -0.05) is 0 Å². The van der Waals surface area contributed by atoms with Crippen molar-refractivity contribution in [3.63, 3.8) is 0 Å². The molecule has 0 spiro atoms. The Labute approximate surface area is 194 Å². The summed E-state index contributed by atoms with van der Waals surface area (Å²) >= 11 is 0. The highest BCUT2D eigenvalue weighted by atomic mass is 16.5. The molecule has 174 valence electrons. The molecular formula is C25H32N6O2. The number of likely N-dealkylation sites (tertiary alicyclic amines) is 1. The molecular weight excluding hydrogens is 416 g/mol. The molecule has 3 aromatic rings. The molecule has 0 bridgehead atoms. The van der Waals surface area contributed by atoms with Gasteiger partial charge in [0.05, 0.1) is 30.9 Å². The Kier molecular flexibility index (Phi) is 6.64. The second-order valence-electron chi connectivity index (χ2n) is 9.06. The highest BCUT2D eigenvalue weighted by molar-refractivity contribution is 5.76. The molecule has 1 saturated heterocycles. The molecule has 1 aliphatic carbocycles. The Bertz CT molecular complexity index is 1170. The lowest BCUT2D eigenvalue weighted by Crippen LogP contribution is -2.43. The van der Waals surface area contributed by atoms with Crippen molar-refractivity contribution in [3.05, 3.63) is 58.0 Å². The largest absolute Gasteiger partial charge is 0.497 e. The van der Waals surface area contributed by atoms with Gasteiger partial charge in [0.25, 0.3) is 5.56 Å². The third kappa shape index (κ3) is 5.07. The zero-order valence-electron chi connectivity index (χ0n) is 19.3. The van der Waals surface area contributed by atoms with Crippen LogP contribution in [0.25, 0.3) is 11.0 Å². The van der Waals surface area contributed by atoms with Crippen LogP contribution in [0, 0.1) is 0 Å². The van der Waals surface area contributed by atoms with E-state index in [9.17, 15) is 4.79 Å². The number of aryl methyl sites for hydroxylation is 2. The van der Waals surface area contributed by atoms with Gasteiger partial charge in [-0.2, -0.15) is 0 Å². The van der Waals surface area contributed by atoms with E-state index in [2.05, 4.69) is 20.2 Å². The average molecular weight is 449 g/mol.